The van der Waals surface area contributed by atoms with Gasteiger partial charge >= 0.3 is 0 Å². The molecule has 0 spiro atoms. The number of rotatable bonds is 4. The lowest BCUT2D eigenvalue weighted by atomic mass is 10.2. The highest BCUT2D eigenvalue weighted by Gasteiger charge is 2.29. The molecule has 0 aromatic carbocycles. The molecule has 1 saturated heterocycles. The lowest BCUT2D eigenvalue weighted by Gasteiger charge is -2.14. The van der Waals surface area contributed by atoms with Gasteiger partial charge in [-0.25, -0.2) is 0 Å². The van der Waals surface area contributed by atoms with E-state index in [0.29, 0.717) is 0 Å². The van der Waals surface area contributed by atoms with Gasteiger partial charge in [0.15, 0.2) is 0 Å². The van der Waals surface area contributed by atoms with Gasteiger partial charge in [0.25, 0.3) is 0 Å². The van der Waals surface area contributed by atoms with E-state index in [1.165, 1.54) is 5.57 Å². The van der Waals surface area contributed by atoms with Crippen LogP contribution in [0.4, 0.5) is 0 Å². The lowest BCUT2D eigenvalue weighted by Crippen LogP contribution is -2.38. The summed E-state index contributed by atoms with van der Waals surface area (Å²) in [6, 6.07) is 0.0607. The van der Waals surface area contributed by atoms with E-state index >= 15 is 0 Å². The summed E-state index contributed by atoms with van der Waals surface area (Å²) in [5.74, 6) is 0.254. The fraction of sp³-hybridized carbons (Fsp3) is 0.727. The summed E-state index contributed by atoms with van der Waals surface area (Å²) >= 11 is 0. The molecule has 14 heavy (non-hydrogen) atoms. The van der Waals surface area contributed by atoms with Crippen molar-refractivity contribution >= 4 is 5.91 Å². The molecular formula is C11H20N2O. The van der Waals surface area contributed by atoms with E-state index in [2.05, 4.69) is 25.2 Å². The first-order valence-corrected chi connectivity index (χ1v) is 5.30. The fourth-order valence-electron chi connectivity index (χ4n) is 1.65. The Morgan fingerprint density at radius 1 is 1.64 bits per heavy atom. The molecule has 3 nitrogen and oxygen atoms in total. The largest absolute Gasteiger partial charge is 0.338 e. The Kier molecular flexibility index (Phi) is 4.14. The third-order valence-corrected chi connectivity index (χ3v) is 2.47. The third kappa shape index (κ3) is 2.84. The summed E-state index contributed by atoms with van der Waals surface area (Å²) in [4.78, 5) is 13.7. The molecule has 1 aliphatic rings. The Morgan fingerprint density at radius 3 is 2.93 bits per heavy atom. The third-order valence-electron chi connectivity index (χ3n) is 2.47. The first-order chi connectivity index (χ1) is 6.65. The molecule has 1 aliphatic heterocycles. The average Bonchev–Trinajstić information content (AvgIpc) is 2.46. The van der Waals surface area contributed by atoms with Crippen LogP contribution in [-0.4, -0.2) is 36.5 Å². The van der Waals surface area contributed by atoms with Crippen molar-refractivity contribution in [2.75, 3.05) is 19.6 Å². The Balaban J connectivity index is 2.43. The maximum Gasteiger partial charge on any atom is 0.240 e. The van der Waals surface area contributed by atoms with Crippen LogP contribution >= 0.6 is 0 Å². The van der Waals surface area contributed by atoms with E-state index in [4.69, 9.17) is 0 Å². The Labute approximate surface area is 86.2 Å². The van der Waals surface area contributed by atoms with Crippen molar-refractivity contribution in [1.82, 2.24) is 10.2 Å². The van der Waals surface area contributed by atoms with Crippen LogP contribution in [0.2, 0.25) is 0 Å². The Bertz CT molecular complexity index is 231. The quantitative estimate of drug-likeness (QED) is 0.684. The predicted octanol–water partition coefficient (Wildman–Crippen LogP) is 1.16. The average molecular weight is 196 g/mol. The maximum atomic E-state index is 11.7. The van der Waals surface area contributed by atoms with E-state index in [-0.39, 0.29) is 11.9 Å². The fourth-order valence-corrected chi connectivity index (χ4v) is 1.65. The second-order valence-corrected chi connectivity index (χ2v) is 3.96. The molecule has 0 bridgehead atoms. The lowest BCUT2D eigenvalue weighted by molar-refractivity contribution is -0.128. The van der Waals surface area contributed by atoms with Crippen molar-refractivity contribution in [2.24, 2.45) is 0 Å². The zero-order valence-corrected chi connectivity index (χ0v) is 9.34. The van der Waals surface area contributed by atoms with Crippen LogP contribution in [0.1, 0.15) is 27.2 Å². The van der Waals surface area contributed by atoms with E-state index < -0.39 is 0 Å². The van der Waals surface area contributed by atoms with Crippen LogP contribution in [0.5, 0.6) is 0 Å². The highest BCUT2D eigenvalue weighted by Crippen LogP contribution is 2.11. The highest BCUT2D eigenvalue weighted by atomic mass is 16.2. The van der Waals surface area contributed by atoms with Gasteiger partial charge in [0, 0.05) is 13.1 Å². The van der Waals surface area contributed by atoms with Gasteiger partial charge in [-0.1, -0.05) is 18.6 Å². The molecule has 80 valence electrons. The number of hydrogen-bond donors (Lipinski definition) is 1. The van der Waals surface area contributed by atoms with Crippen molar-refractivity contribution < 1.29 is 4.79 Å². The minimum absolute atomic E-state index is 0.0607. The zero-order valence-electron chi connectivity index (χ0n) is 9.34. The molecule has 1 heterocycles. The summed E-state index contributed by atoms with van der Waals surface area (Å²) < 4.78 is 0. The molecule has 1 rings (SSSR count). The number of amides is 1. The molecule has 0 radical (unpaired) electrons. The summed E-state index contributed by atoms with van der Waals surface area (Å²) in [6.07, 6.45) is 3.05. The number of allylic oxidation sites excluding steroid dienone is 1. The van der Waals surface area contributed by atoms with E-state index in [1.807, 2.05) is 11.8 Å². The number of hydrogen-bond acceptors (Lipinski definition) is 2. The van der Waals surface area contributed by atoms with E-state index in [9.17, 15) is 4.79 Å². The molecule has 1 unspecified atom stereocenters. The molecular weight excluding hydrogens is 176 g/mol. The van der Waals surface area contributed by atoms with Crippen LogP contribution in [0.25, 0.3) is 0 Å². The summed E-state index contributed by atoms with van der Waals surface area (Å²) in [5, 5.41) is 3.20. The van der Waals surface area contributed by atoms with Gasteiger partial charge in [0.1, 0.15) is 0 Å². The summed E-state index contributed by atoms with van der Waals surface area (Å²) in [7, 11) is 0. The predicted molar refractivity (Wildman–Crippen MR) is 58.1 cm³/mol. The molecule has 0 aromatic heterocycles. The van der Waals surface area contributed by atoms with Crippen LogP contribution in [-0.2, 0) is 4.79 Å². The minimum Gasteiger partial charge on any atom is -0.338 e. The number of carbonyl (C=O) groups excluding carboxylic acids is 1. The molecule has 1 atom stereocenters. The Hall–Kier alpha value is -0.830. The first-order valence-electron chi connectivity index (χ1n) is 5.30. The van der Waals surface area contributed by atoms with Gasteiger partial charge in [0.2, 0.25) is 5.91 Å². The van der Waals surface area contributed by atoms with Crippen LogP contribution in [0, 0.1) is 0 Å². The number of nitrogens with one attached hydrogen (secondary N) is 1. The van der Waals surface area contributed by atoms with Gasteiger partial charge in [-0.05, 0) is 26.8 Å². The van der Waals surface area contributed by atoms with E-state index in [0.717, 1.165) is 26.1 Å². The van der Waals surface area contributed by atoms with Crippen molar-refractivity contribution in [1.29, 1.82) is 0 Å². The number of nitrogens with zero attached hydrogens (tertiary/aromatic N) is 1. The first kappa shape index (κ1) is 11.2. The summed E-state index contributed by atoms with van der Waals surface area (Å²) in [6.45, 7) is 8.67. The Morgan fingerprint density at radius 2 is 2.36 bits per heavy atom. The van der Waals surface area contributed by atoms with Gasteiger partial charge in [-0.15, -0.1) is 0 Å². The number of likely N-dealkylation sites (tertiary alicyclic amines) is 1. The zero-order chi connectivity index (χ0) is 10.6. The second kappa shape index (κ2) is 5.15. The normalized spacial score (nSPS) is 21.5. The monoisotopic (exact) mass is 196 g/mol. The van der Waals surface area contributed by atoms with Crippen LogP contribution in [0.15, 0.2) is 11.6 Å². The van der Waals surface area contributed by atoms with Gasteiger partial charge in [0.05, 0.1) is 6.04 Å². The highest BCUT2D eigenvalue weighted by molar-refractivity contribution is 5.84. The number of carbonyl (C=O) groups is 1. The molecule has 3 heteroatoms. The molecule has 0 saturated carbocycles. The molecule has 0 aliphatic carbocycles. The van der Waals surface area contributed by atoms with Crippen molar-refractivity contribution in [2.45, 2.75) is 33.2 Å². The van der Waals surface area contributed by atoms with Gasteiger partial charge in [-0.2, -0.15) is 0 Å². The molecule has 1 N–H and O–H groups in total. The van der Waals surface area contributed by atoms with Crippen LogP contribution in [0.3, 0.4) is 0 Å². The molecule has 1 fully saturated rings. The topological polar surface area (TPSA) is 32.3 Å². The van der Waals surface area contributed by atoms with Gasteiger partial charge in [-0.3, -0.25) is 4.79 Å². The van der Waals surface area contributed by atoms with Crippen molar-refractivity contribution in [3.05, 3.63) is 11.6 Å². The second-order valence-electron chi connectivity index (χ2n) is 3.96. The van der Waals surface area contributed by atoms with Crippen molar-refractivity contribution in [3.8, 4) is 0 Å². The van der Waals surface area contributed by atoms with E-state index in [1.54, 1.807) is 0 Å². The van der Waals surface area contributed by atoms with Gasteiger partial charge < -0.3 is 10.2 Å². The molecule has 1 amide bonds. The maximum absolute atomic E-state index is 11.7. The smallest absolute Gasteiger partial charge is 0.240 e. The van der Waals surface area contributed by atoms with Crippen molar-refractivity contribution in [3.63, 3.8) is 0 Å². The standard InChI is InChI=1S/C11H20N2O/c1-4-12-10-6-8-13(11(10)14)7-5-9(2)3/h5,10,12H,4,6-8H2,1-3H3. The SMILES string of the molecule is CCNC1CCN(CC=C(C)C)C1=O. The molecule has 0 aromatic rings. The minimum atomic E-state index is 0.0607. The van der Waals surface area contributed by atoms with Crippen LogP contribution < -0.4 is 5.32 Å². The number of likely N-dealkylation sites (N-methyl/N-ethyl adjacent to an activating group) is 1. The summed E-state index contributed by atoms with van der Waals surface area (Å²) in [5.41, 5.74) is 1.27.